The van der Waals surface area contributed by atoms with Gasteiger partial charge in [-0.15, -0.1) is 10.2 Å². The second-order valence-corrected chi connectivity index (χ2v) is 8.99. The highest BCUT2D eigenvalue weighted by Gasteiger charge is 2.17. The zero-order valence-corrected chi connectivity index (χ0v) is 22.0. The van der Waals surface area contributed by atoms with Crippen LogP contribution in [0.2, 0.25) is 0 Å². The van der Waals surface area contributed by atoms with Crippen LogP contribution in [-0.4, -0.2) is 52.8 Å². The number of benzene rings is 3. The lowest BCUT2D eigenvalue weighted by Crippen LogP contribution is -2.21. The Kier molecular flexibility index (Phi) is 8.93. The van der Waals surface area contributed by atoms with Crippen molar-refractivity contribution >= 4 is 29.6 Å². The highest BCUT2D eigenvalue weighted by molar-refractivity contribution is 7.99. The molecule has 0 atom stereocenters. The van der Waals surface area contributed by atoms with E-state index < -0.39 is 0 Å². The molecule has 1 amide bonds. The van der Waals surface area contributed by atoms with Gasteiger partial charge in [0, 0.05) is 30.0 Å². The first-order valence-electron chi connectivity index (χ1n) is 12.1. The Morgan fingerprint density at radius 2 is 1.70 bits per heavy atom. The summed E-state index contributed by atoms with van der Waals surface area (Å²) in [6, 6.07) is 25.6. The second kappa shape index (κ2) is 12.7. The quantitative estimate of drug-likeness (QED) is 0.172. The Labute approximate surface area is 221 Å². The molecule has 0 spiro atoms. The third-order valence-electron chi connectivity index (χ3n) is 5.75. The summed E-state index contributed by atoms with van der Waals surface area (Å²) >= 11 is 1.30. The van der Waals surface area contributed by atoms with Gasteiger partial charge in [0.25, 0.3) is 5.91 Å². The summed E-state index contributed by atoms with van der Waals surface area (Å²) in [4.78, 5) is 14.8. The van der Waals surface area contributed by atoms with Gasteiger partial charge in [0.15, 0.2) is 11.0 Å². The minimum Gasteiger partial charge on any atom is -0.497 e. The van der Waals surface area contributed by atoms with Gasteiger partial charge in [-0.3, -0.25) is 9.36 Å². The molecule has 190 valence electrons. The van der Waals surface area contributed by atoms with Crippen LogP contribution in [-0.2, 0) is 4.79 Å². The maximum atomic E-state index is 12.5. The normalized spacial score (nSPS) is 11.0. The lowest BCUT2D eigenvalue weighted by Gasteiger charge is -2.20. The summed E-state index contributed by atoms with van der Waals surface area (Å²) in [5.41, 5.74) is 6.48. The highest BCUT2D eigenvalue weighted by atomic mass is 32.2. The van der Waals surface area contributed by atoms with Crippen LogP contribution in [0.1, 0.15) is 19.4 Å². The minimum absolute atomic E-state index is 0.145. The van der Waals surface area contributed by atoms with Crippen molar-refractivity contribution < 1.29 is 9.53 Å². The lowest BCUT2D eigenvalue weighted by atomic mass is 10.2. The first-order valence-corrected chi connectivity index (χ1v) is 13.1. The average molecular weight is 515 g/mol. The van der Waals surface area contributed by atoms with Gasteiger partial charge in [0.05, 0.1) is 19.1 Å². The first-order chi connectivity index (χ1) is 18.1. The number of nitrogens with one attached hydrogen (secondary N) is 1. The number of hydrogen-bond acceptors (Lipinski definition) is 7. The van der Waals surface area contributed by atoms with Gasteiger partial charge in [-0.05, 0) is 67.9 Å². The Bertz CT molecular complexity index is 1320. The third-order valence-corrected chi connectivity index (χ3v) is 6.68. The fourth-order valence-electron chi connectivity index (χ4n) is 3.80. The molecule has 0 bridgehead atoms. The molecule has 9 heteroatoms. The van der Waals surface area contributed by atoms with Crippen molar-refractivity contribution in [2.45, 2.75) is 19.0 Å². The summed E-state index contributed by atoms with van der Waals surface area (Å²) in [6.07, 6.45) is 1.64. The molecular formula is C28H30N6O2S. The molecule has 0 saturated heterocycles. The number of methoxy groups -OCH3 is 1. The fraction of sp³-hybridized carbons (Fsp3) is 0.214. The van der Waals surface area contributed by atoms with Crippen molar-refractivity contribution in [3.63, 3.8) is 0 Å². The Hall–Kier alpha value is -4.11. The molecule has 1 heterocycles. The number of carbonyl (C=O) groups excluding carboxylic acids is 1. The van der Waals surface area contributed by atoms with Crippen LogP contribution >= 0.6 is 11.8 Å². The molecule has 1 N–H and O–H groups in total. The van der Waals surface area contributed by atoms with Gasteiger partial charge < -0.3 is 9.64 Å². The highest BCUT2D eigenvalue weighted by Crippen LogP contribution is 2.29. The molecule has 0 unspecified atom stereocenters. The number of hydrazone groups is 1. The molecule has 4 rings (SSSR count). The molecule has 0 fully saturated rings. The molecule has 37 heavy (non-hydrogen) atoms. The summed E-state index contributed by atoms with van der Waals surface area (Å²) < 4.78 is 7.21. The largest absolute Gasteiger partial charge is 0.497 e. The molecule has 0 radical (unpaired) electrons. The topological polar surface area (TPSA) is 84.6 Å². The zero-order chi connectivity index (χ0) is 26.0. The van der Waals surface area contributed by atoms with Crippen molar-refractivity contribution in [1.29, 1.82) is 0 Å². The number of thioether (sulfide) groups is 1. The van der Waals surface area contributed by atoms with Gasteiger partial charge in [-0.1, -0.05) is 42.1 Å². The summed E-state index contributed by atoms with van der Waals surface area (Å²) in [6.45, 7) is 6.18. The molecule has 4 aromatic rings. The van der Waals surface area contributed by atoms with Gasteiger partial charge in [0.1, 0.15) is 5.75 Å². The number of hydrogen-bond donors (Lipinski definition) is 1. The Balaban J connectivity index is 1.42. The SMILES string of the molecule is CCN(CC)c1ccc(/C=N\NC(=O)CSc2nnc(-c3ccc(OC)cc3)n2-c2ccccc2)cc1. The smallest absolute Gasteiger partial charge is 0.250 e. The van der Waals surface area contributed by atoms with Crippen molar-refractivity contribution in [3.05, 3.63) is 84.4 Å². The Morgan fingerprint density at radius 1 is 1.00 bits per heavy atom. The summed E-state index contributed by atoms with van der Waals surface area (Å²) in [7, 11) is 1.63. The predicted octanol–water partition coefficient (Wildman–Crippen LogP) is 5.03. The average Bonchev–Trinajstić information content (AvgIpc) is 3.38. The van der Waals surface area contributed by atoms with E-state index in [1.54, 1.807) is 13.3 Å². The van der Waals surface area contributed by atoms with Gasteiger partial charge in [-0.25, -0.2) is 5.43 Å². The fourth-order valence-corrected chi connectivity index (χ4v) is 4.55. The standard InChI is InChI=1S/C28H30N6O2S/c1-4-33(5-2)23-15-11-21(12-16-23)19-29-30-26(35)20-37-28-32-31-27(22-13-17-25(36-3)18-14-22)34(28)24-9-7-6-8-10-24/h6-19H,4-5,20H2,1-3H3,(H,30,35)/b29-19-. The van der Waals surface area contributed by atoms with E-state index in [0.717, 1.165) is 35.7 Å². The van der Waals surface area contributed by atoms with Crippen LogP contribution in [0.3, 0.4) is 0 Å². The first kappa shape index (κ1) is 26.0. The number of aromatic nitrogens is 3. The molecule has 0 aliphatic heterocycles. The molecule has 3 aromatic carbocycles. The number of anilines is 1. The number of rotatable bonds is 11. The number of carbonyl (C=O) groups is 1. The monoisotopic (exact) mass is 514 g/mol. The molecule has 0 aliphatic carbocycles. The van der Waals surface area contributed by atoms with E-state index in [0.29, 0.717) is 11.0 Å². The van der Waals surface area contributed by atoms with Gasteiger partial charge in [-0.2, -0.15) is 5.10 Å². The number of amides is 1. The predicted molar refractivity (Wildman–Crippen MR) is 150 cm³/mol. The lowest BCUT2D eigenvalue weighted by molar-refractivity contribution is -0.118. The van der Waals surface area contributed by atoms with E-state index in [1.807, 2.05) is 71.3 Å². The molecular weight excluding hydrogens is 484 g/mol. The van der Waals surface area contributed by atoms with Crippen LogP contribution in [0.25, 0.3) is 17.1 Å². The van der Waals surface area contributed by atoms with Crippen molar-refractivity contribution in [2.75, 3.05) is 30.9 Å². The van der Waals surface area contributed by atoms with Crippen molar-refractivity contribution in [2.24, 2.45) is 5.10 Å². The third kappa shape index (κ3) is 6.56. The number of para-hydroxylation sites is 1. The maximum absolute atomic E-state index is 12.5. The molecule has 0 saturated carbocycles. The van der Waals surface area contributed by atoms with Crippen LogP contribution in [0, 0.1) is 0 Å². The molecule has 8 nitrogen and oxygen atoms in total. The molecule has 1 aromatic heterocycles. The van der Waals surface area contributed by atoms with E-state index in [4.69, 9.17) is 4.74 Å². The van der Waals surface area contributed by atoms with Crippen LogP contribution in [0.4, 0.5) is 5.69 Å². The van der Waals surface area contributed by atoms with Crippen molar-refractivity contribution in [3.8, 4) is 22.8 Å². The maximum Gasteiger partial charge on any atom is 0.250 e. The van der Waals surface area contributed by atoms with Crippen molar-refractivity contribution in [1.82, 2.24) is 20.2 Å². The van der Waals surface area contributed by atoms with Crippen LogP contribution < -0.4 is 15.1 Å². The number of nitrogens with zero attached hydrogens (tertiary/aromatic N) is 5. The molecule has 0 aliphatic rings. The van der Waals surface area contributed by atoms with E-state index >= 15 is 0 Å². The second-order valence-electron chi connectivity index (χ2n) is 8.05. The number of ether oxygens (including phenoxy) is 1. The summed E-state index contributed by atoms with van der Waals surface area (Å²) in [5.74, 6) is 1.37. The van der Waals surface area contributed by atoms with E-state index in [2.05, 4.69) is 51.6 Å². The van der Waals surface area contributed by atoms with E-state index in [9.17, 15) is 4.79 Å². The minimum atomic E-state index is -0.227. The zero-order valence-electron chi connectivity index (χ0n) is 21.2. The Morgan fingerprint density at radius 3 is 2.35 bits per heavy atom. The van der Waals surface area contributed by atoms with E-state index in [-0.39, 0.29) is 11.7 Å². The summed E-state index contributed by atoms with van der Waals surface area (Å²) in [5, 5.41) is 13.5. The van der Waals surface area contributed by atoms with Crippen LogP contribution in [0.5, 0.6) is 5.75 Å². The van der Waals surface area contributed by atoms with Gasteiger partial charge in [0.2, 0.25) is 0 Å². The van der Waals surface area contributed by atoms with Crippen LogP contribution in [0.15, 0.2) is 89.1 Å². The van der Waals surface area contributed by atoms with Gasteiger partial charge >= 0.3 is 0 Å². The van der Waals surface area contributed by atoms with E-state index in [1.165, 1.54) is 17.4 Å².